The fourth-order valence-corrected chi connectivity index (χ4v) is 3.05. The molecule has 1 aliphatic carbocycles. The topological polar surface area (TPSA) is 74.2 Å². The zero-order valence-electron chi connectivity index (χ0n) is 13.8. The fraction of sp³-hybridized carbons (Fsp3) is 0.875. The second-order valence-corrected chi connectivity index (χ2v) is 7.21. The first-order chi connectivity index (χ1) is 9.87. The molecule has 0 aromatic carbocycles. The van der Waals surface area contributed by atoms with Crippen molar-refractivity contribution in [3.8, 4) is 0 Å². The van der Waals surface area contributed by atoms with Crippen LogP contribution in [0.15, 0.2) is 4.52 Å². The Labute approximate surface area is 127 Å². The quantitative estimate of drug-likeness (QED) is 0.815. The molecule has 0 aliphatic heterocycles. The lowest BCUT2D eigenvalue weighted by Gasteiger charge is -2.36. The highest BCUT2D eigenvalue weighted by Crippen LogP contribution is 2.46. The predicted octanol–water partition coefficient (Wildman–Crippen LogP) is 3.35. The van der Waals surface area contributed by atoms with Gasteiger partial charge in [-0.25, -0.2) is 0 Å². The van der Waals surface area contributed by atoms with Crippen molar-refractivity contribution in [1.29, 1.82) is 0 Å². The van der Waals surface area contributed by atoms with Crippen LogP contribution in [-0.2, 0) is 10.3 Å². The Morgan fingerprint density at radius 2 is 2.19 bits per heavy atom. The molecule has 2 atom stereocenters. The zero-order chi connectivity index (χ0) is 15.5. The first kappa shape index (κ1) is 16.4. The highest BCUT2D eigenvalue weighted by atomic mass is 16.5. The summed E-state index contributed by atoms with van der Waals surface area (Å²) in [4.78, 5) is 4.60. The predicted molar refractivity (Wildman–Crippen MR) is 81.9 cm³/mol. The Kier molecular flexibility index (Phi) is 5.04. The lowest BCUT2D eigenvalue weighted by Crippen LogP contribution is -2.39. The van der Waals surface area contributed by atoms with Gasteiger partial charge < -0.3 is 15.0 Å². The van der Waals surface area contributed by atoms with Gasteiger partial charge in [-0.1, -0.05) is 38.8 Å². The number of nitrogens with zero attached hydrogens (tertiary/aromatic N) is 2. The molecule has 2 rings (SSSR count). The van der Waals surface area contributed by atoms with Crippen molar-refractivity contribution >= 4 is 0 Å². The van der Waals surface area contributed by atoms with Gasteiger partial charge in [-0.15, -0.1) is 0 Å². The van der Waals surface area contributed by atoms with E-state index in [1.807, 2.05) is 6.92 Å². The van der Waals surface area contributed by atoms with E-state index < -0.39 is 5.54 Å². The zero-order valence-corrected chi connectivity index (χ0v) is 13.8. The van der Waals surface area contributed by atoms with E-state index in [0.717, 1.165) is 18.7 Å². The molecule has 1 saturated carbocycles. The van der Waals surface area contributed by atoms with Crippen LogP contribution >= 0.6 is 0 Å². The van der Waals surface area contributed by atoms with Crippen LogP contribution in [0.1, 0.15) is 77.4 Å². The van der Waals surface area contributed by atoms with Crippen molar-refractivity contribution in [2.45, 2.75) is 71.3 Å². The molecular formula is C16H29N3O2. The third kappa shape index (κ3) is 3.83. The minimum absolute atomic E-state index is 0.214. The molecule has 1 heterocycles. The molecule has 0 amide bonds. The van der Waals surface area contributed by atoms with Crippen molar-refractivity contribution in [1.82, 2.24) is 10.1 Å². The largest absolute Gasteiger partial charge is 0.379 e. The van der Waals surface area contributed by atoms with E-state index in [2.05, 4.69) is 30.9 Å². The van der Waals surface area contributed by atoms with Crippen LogP contribution in [0.4, 0.5) is 0 Å². The molecule has 1 aromatic rings. The maximum absolute atomic E-state index is 6.28. The van der Waals surface area contributed by atoms with E-state index in [0.29, 0.717) is 25.0 Å². The summed E-state index contributed by atoms with van der Waals surface area (Å²) in [6.07, 6.45) is 5.80. The summed E-state index contributed by atoms with van der Waals surface area (Å²) >= 11 is 0. The smallest absolute Gasteiger partial charge is 0.230 e. The SMILES string of the molecule is CCCOCC(C)(N)c1noc(C2CCCCC2(C)C)n1. The molecule has 0 spiro atoms. The molecular weight excluding hydrogens is 266 g/mol. The van der Waals surface area contributed by atoms with Crippen molar-refractivity contribution in [2.24, 2.45) is 11.1 Å². The van der Waals surface area contributed by atoms with Crippen LogP contribution in [0.5, 0.6) is 0 Å². The summed E-state index contributed by atoms with van der Waals surface area (Å²) in [6, 6.07) is 0. The van der Waals surface area contributed by atoms with Gasteiger partial charge in [0.05, 0.1) is 6.61 Å². The number of hydrogen-bond acceptors (Lipinski definition) is 5. The minimum Gasteiger partial charge on any atom is -0.379 e. The molecule has 1 fully saturated rings. The second kappa shape index (κ2) is 6.44. The van der Waals surface area contributed by atoms with Gasteiger partial charge in [0.15, 0.2) is 5.82 Å². The highest BCUT2D eigenvalue weighted by Gasteiger charge is 2.38. The standard InChI is InChI=1S/C16H29N3O2/c1-5-10-20-11-16(4,17)14-18-13(21-19-14)12-8-6-7-9-15(12,2)3/h12H,5-11,17H2,1-4H3. The number of hydrogen-bond donors (Lipinski definition) is 1. The fourth-order valence-electron chi connectivity index (χ4n) is 3.05. The maximum atomic E-state index is 6.28. The van der Waals surface area contributed by atoms with E-state index in [4.69, 9.17) is 15.0 Å². The number of aromatic nitrogens is 2. The minimum atomic E-state index is -0.699. The summed E-state index contributed by atoms with van der Waals surface area (Å²) in [5.41, 5.74) is 5.79. The number of ether oxygens (including phenoxy) is 1. The average molecular weight is 295 g/mol. The molecule has 0 radical (unpaired) electrons. The van der Waals surface area contributed by atoms with E-state index >= 15 is 0 Å². The third-order valence-corrected chi connectivity index (χ3v) is 4.51. The van der Waals surface area contributed by atoms with Crippen LogP contribution in [0.3, 0.4) is 0 Å². The monoisotopic (exact) mass is 295 g/mol. The Morgan fingerprint density at radius 3 is 2.86 bits per heavy atom. The van der Waals surface area contributed by atoms with Gasteiger partial charge in [0.25, 0.3) is 0 Å². The van der Waals surface area contributed by atoms with Gasteiger partial charge >= 0.3 is 0 Å². The maximum Gasteiger partial charge on any atom is 0.230 e. The molecule has 5 nitrogen and oxygen atoms in total. The van der Waals surface area contributed by atoms with Crippen LogP contribution < -0.4 is 5.73 Å². The van der Waals surface area contributed by atoms with Crippen molar-refractivity contribution in [3.63, 3.8) is 0 Å². The van der Waals surface area contributed by atoms with Gasteiger partial charge in [-0.3, -0.25) is 0 Å². The van der Waals surface area contributed by atoms with Gasteiger partial charge in [-0.05, 0) is 31.6 Å². The Hall–Kier alpha value is -0.940. The highest BCUT2D eigenvalue weighted by molar-refractivity contribution is 5.07. The van der Waals surface area contributed by atoms with Gasteiger partial charge in [0, 0.05) is 12.5 Å². The first-order valence-corrected chi connectivity index (χ1v) is 8.07. The summed E-state index contributed by atoms with van der Waals surface area (Å²) in [6.45, 7) is 9.65. The normalized spacial score (nSPS) is 24.7. The molecule has 1 aromatic heterocycles. The second-order valence-electron chi connectivity index (χ2n) is 7.21. The van der Waals surface area contributed by atoms with Crippen LogP contribution in [0, 0.1) is 5.41 Å². The molecule has 0 saturated heterocycles. The molecule has 21 heavy (non-hydrogen) atoms. The first-order valence-electron chi connectivity index (χ1n) is 8.07. The van der Waals surface area contributed by atoms with E-state index in [1.54, 1.807) is 0 Å². The van der Waals surface area contributed by atoms with Gasteiger partial charge in [0.2, 0.25) is 5.89 Å². The van der Waals surface area contributed by atoms with Gasteiger partial charge in [-0.2, -0.15) is 4.98 Å². The molecule has 120 valence electrons. The van der Waals surface area contributed by atoms with Crippen molar-refractivity contribution in [2.75, 3.05) is 13.2 Å². The summed E-state index contributed by atoms with van der Waals surface area (Å²) in [5.74, 6) is 1.62. The van der Waals surface area contributed by atoms with Gasteiger partial charge in [0.1, 0.15) is 5.54 Å². The molecule has 5 heteroatoms. The molecule has 2 unspecified atom stereocenters. The Bertz CT molecular complexity index is 454. The summed E-state index contributed by atoms with van der Waals surface area (Å²) in [7, 11) is 0. The Morgan fingerprint density at radius 1 is 1.43 bits per heavy atom. The number of nitrogens with two attached hydrogens (primary N) is 1. The van der Waals surface area contributed by atoms with E-state index in [1.165, 1.54) is 19.3 Å². The van der Waals surface area contributed by atoms with E-state index in [9.17, 15) is 0 Å². The van der Waals surface area contributed by atoms with Crippen molar-refractivity contribution in [3.05, 3.63) is 11.7 Å². The lowest BCUT2D eigenvalue weighted by molar-refractivity contribution is 0.0867. The van der Waals surface area contributed by atoms with Crippen molar-refractivity contribution < 1.29 is 9.26 Å². The third-order valence-electron chi connectivity index (χ3n) is 4.51. The number of rotatable bonds is 6. The van der Waals surface area contributed by atoms with Crippen LogP contribution in [0.25, 0.3) is 0 Å². The lowest BCUT2D eigenvalue weighted by atomic mass is 9.69. The summed E-state index contributed by atoms with van der Waals surface area (Å²) < 4.78 is 11.1. The Balaban J connectivity index is 2.10. The molecule has 2 N–H and O–H groups in total. The molecule has 1 aliphatic rings. The molecule has 0 bridgehead atoms. The summed E-state index contributed by atoms with van der Waals surface area (Å²) in [5, 5.41) is 4.12. The average Bonchev–Trinajstić information content (AvgIpc) is 2.88. The van der Waals surface area contributed by atoms with E-state index in [-0.39, 0.29) is 5.41 Å². The van der Waals surface area contributed by atoms with Crippen LogP contribution in [-0.4, -0.2) is 23.4 Å². The van der Waals surface area contributed by atoms with Crippen LogP contribution in [0.2, 0.25) is 0 Å².